The van der Waals surface area contributed by atoms with Crippen molar-refractivity contribution in [2.24, 2.45) is 11.8 Å². The van der Waals surface area contributed by atoms with Crippen LogP contribution in [-0.4, -0.2) is 67.9 Å². The van der Waals surface area contributed by atoms with Crippen LogP contribution in [0.5, 0.6) is 0 Å². The monoisotopic (exact) mass is 510 g/mol. The molecule has 3 aliphatic heterocycles. The molecular formula is C22H27BrN2O5S. The maximum absolute atomic E-state index is 13.6. The summed E-state index contributed by atoms with van der Waals surface area (Å²) in [4.78, 5) is 41.4. The SMILES string of the molecule is CCOC(=O)[C@H]1[C@@H]2SC3(CC2Br)C(C(=O)NCc2ccccc2)N([C@H](C)CO)C(=O)[C@H]13. The molecule has 7 nitrogen and oxygen atoms in total. The molecule has 3 saturated heterocycles. The summed E-state index contributed by atoms with van der Waals surface area (Å²) in [6, 6.07) is 8.29. The molecule has 9 heteroatoms. The number of benzene rings is 1. The molecule has 7 atom stereocenters. The number of carbonyl (C=O) groups excluding carboxylic acids is 3. The van der Waals surface area contributed by atoms with Crippen LogP contribution in [0.1, 0.15) is 25.8 Å². The van der Waals surface area contributed by atoms with Gasteiger partial charge in [0.2, 0.25) is 11.8 Å². The maximum atomic E-state index is 13.6. The number of amides is 2. The highest BCUT2D eigenvalue weighted by atomic mass is 79.9. The lowest BCUT2D eigenvalue weighted by Gasteiger charge is -2.36. The van der Waals surface area contributed by atoms with Crippen LogP contribution in [0.25, 0.3) is 0 Å². The number of aliphatic hydroxyl groups excluding tert-OH is 1. The average molecular weight is 511 g/mol. The summed E-state index contributed by atoms with van der Waals surface area (Å²) < 4.78 is 4.58. The minimum Gasteiger partial charge on any atom is -0.466 e. The first-order valence-corrected chi connectivity index (χ1v) is 12.4. The summed E-state index contributed by atoms with van der Waals surface area (Å²) in [5.74, 6) is -2.11. The third-order valence-electron chi connectivity index (χ3n) is 6.58. The predicted molar refractivity (Wildman–Crippen MR) is 121 cm³/mol. The van der Waals surface area contributed by atoms with E-state index in [0.29, 0.717) is 13.0 Å². The molecule has 2 bridgehead atoms. The van der Waals surface area contributed by atoms with Gasteiger partial charge in [-0.1, -0.05) is 46.3 Å². The number of thioether (sulfide) groups is 1. The fourth-order valence-corrected chi connectivity index (χ4v) is 8.91. The Morgan fingerprint density at radius 2 is 2.10 bits per heavy atom. The number of hydrogen-bond donors (Lipinski definition) is 2. The van der Waals surface area contributed by atoms with E-state index in [1.807, 2.05) is 30.3 Å². The lowest BCUT2D eigenvalue weighted by molar-refractivity contribution is -0.154. The molecule has 168 valence electrons. The zero-order chi connectivity index (χ0) is 22.3. The van der Waals surface area contributed by atoms with Crippen molar-refractivity contribution < 1.29 is 24.2 Å². The standard InChI is InChI=1S/C22H27BrN2O5S/c1-3-30-21(29)15-16-20(28)25(12(2)11-26)18(22(16)9-14(23)17(15)31-22)19(27)24-10-13-7-5-4-6-8-13/h4-8,12,14-18,26H,3,9-11H2,1-2H3,(H,24,27)/t12-,14?,15-,16+,17-,18?,22?/m1/s1. The van der Waals surface area contributed by atoms with Gasteiger partial charge in [-0.05, 0) is 25.8 Å². The number of hydrogen-bond acceptors (Lipinski definition) is 6. The Morgan fingerprint density at radius 1 is 1.39 bits per heavy atom. The quantitative estimate of drug-likeness (QED) is 0.428. The van der Waals surface area contributed by atoms with Crippen LogP contribution >= 0.6 is 27.7 Å². The van der Waals surface area contributed by atoms with Gasteiger partial charge in [-0.25, -0.2) is 0 Å². The molecule has 2 amide bonds. The van der Waals surface area contributed by atoms with Gasteiger partial charge in [0.1, 0.15) is 6.04 Å². The van der Waals surface area contributed by atoms with Gasteiger partial charge in [0.25, 0.3) is 0 Å². The fourth-order valence-electron chi connectivity index (χ4n) is 5.32. The van der Waals surface area contributed by atoms with Gasteiger partial charge < -0.3 is 20.1 Å². The van der Waals surface area contributed by atoms with E-state index in [4.69, 9.17) is 4.74 Å². The molecule has 0 aromatic heterocycles. The lowest BCUT2D eigenvalue weighted by atomic mass is 9.71. The molecule has 0 aliphatic carbocycles. The van der Waals surface area contributed by atoms with Crippen molar-refractivity contribution in [1.82, 2.24) is 10.2 Å². The number of likely N-dealkylation sites (tertiary alicyclic amines) is 1. The van der Waals surface area contributed by atoms with E-state index in [1.54, 1.807) is 25.6 Å². The Morgan fingerprint density at radius 3 is 2.74 bits per heavy atom. The van der Waals surface area contributed by atoms with Crippen LogP contribution in [0.2, 0.25) is 0 Å². The van der Waals surface area contributed by atoms with E-state index in [0.717, 1.165) is 5.56 Å². The third-order valence-corrected chi connectivity index (χ3v) is 9.80. The first-order chi connectivity index (χ1) is 14.9. The van der Waals surface area contributed by atoms with Crippen molar-refractivity contribution in [1.29, 1.82) is 0 Å². The van der Waals surface area contributed by atoms with Crippen LogP contribution < -0.4 is 5.32 Å². The number of rotatable bonds is 7. The van der Waals surface area contributed by atoms with Crippen LogP contribution in [0.4, 0.5) is 0 Å². The molecule has 2 N–H and O–H groups in total. The summed E-state index contributed by atoms with van der Waals surface area (Å²) >= 11 is 5.25. The Hall–Kier alpha value is -1.58. The van der Waals surface area contributed by atoms with Crippen LogP contribution in [0.3, 0.4) is 0 Å². The fraction of sp³-hybridized carbons (Fsp3) is 0.591. The number of alkyl halides is 1. The molecule has 3 unspecified atom stereocenters. The smallest absolute Gasteiger partial charge is 0.310 e. The summed E-state index contributed by atoms with van der Waals surface area (Å²) in [7, 11) is 0. The zero-order valence-electron chi connectivity index (χ0n) is 17.5. The molecule has 1 aromatic carbocycles. The first kappa shape index (κ1) is 22.6. The molecule has 4 rings (SSSR count). The summed E-state index contributed by atoms with van der Waals surface area (Å²) in [5.41, 5.74) is 0.960. The van der Waals surface area contributed by atoms with Crippen LogP contribution in [0.15, 0.2) is 30.3 Å². The minimum absolute atomic E-state index is 0.00441. The first-order valence-electron chi connectivity index (χ1n) is 10.6. The highest BCUT2D eigenvalue weighted by molar-refractivity contribution is 9.09. The second-order valence-corrected chi connectivity index (χ2v) is 11.1. The van der Waals surface area contributed by atoms with Gasteiger partial charge in [-0.15, -0.1) is 11.8 Å². The number of fused-ring (bicyclic) bond motifs is 1. The zero-order valence-corrected chi connectivity index (χ0v) is 19.9. The predicted octanol–water partition coefficient (Wildman–Crippen LogP) is 1.71. The molecule has 31 heavy (non-hydrogen) atoms. The second kappa shape index (κ2) is 8.75. The summed E-state index contributed by atoms with van der Waals surface area (Å²) in [5, 5.41) is 12.7. The second-order valence-electron chi connectivity index (χ2n) is 8.40. The van der Waals surface area contributed by atoms with Gasteiger partial charge in [0.15, 0.2) is 0 Å². The van der Waals surface area contributed by atoms with Crippen molar-refractivity contribution in [3.8, 4) is 0 Å². The Bertz CT molecular complexity index is 871. The van der Waals surface area contributed by atoms with Gasteiger partial charge in [0, 0.05) is 16.6 Å². The van der Waals surface area contributed by atoms with E-state index in [1.165, 1.54) is 4.90 Å². The third kappa shape index (κ3) is 3.58. The molecular weight excluding hydrogens is 484 g/mol. The maximum Gasteiger partial charge on any atom is 0.310 e. The van der Waals surface area contributed by atoms with Crippen molar-refractivity contribution >= 4 is 45.5 Å². The normalized spacial score (nSPS) is 34.5. The number of carbonyl (C=O) groups is 3. The van der Waals surface area contributed by atoms with E-state index in [9.17, 15) is 19.5 Å². The Kier molecular flexibility index (Phi) is 6.38. The molecule has 1 aromatic rings. The van der Waals surface area contributed by atoms with Crippen LogP contribution in [0, 0.1) is 11.8 Å². The van der Waals surface area contributed by atoms with Crippen molar-refractivity contribution in [2.75, 3.05) is 13.2 Å². The lowest BCUT2D eigenvalue weighted by Crippen LogP contribution is -2.56. The van der Waals surface area contributed by atoms with Gasteiger partial charge in [-0.2, -0.15) is 0 Å². The summed E-state index contributed by atoms with van der Waals surface area (Å²) in [6.07, 6.45) is 0.604. The topological polar surface area (TPSA) is 95.9 Å². The van der Waals surface area contributed by atoms with E-state index in [2.05, 4.69) is 21.2 Å². The number of nitrogens with zero attached hydrogens (tertiary/aromatic N) is 1. The molecule has 3 heterocycles. The van der Waals surface area contributed by atoms with E-state index in [-0.39, 0.29) is 41.1 Å². The highest BCUT2D eigenvalue weighted by Gasteiger charge is 2.76. The number of nitrogens with one attached hydrogen (secondary N) is 1. The van der Waals surface area contributed by atoms with Gasteiger partial charge in [-0.3, -0.25) is 14.4 Å². The largest absolute Gasteiger partial charge is 0.466 e. The minimum atomic E-state index is -0.759. The van der Waals surface area contributed by atoms with Crippen molar-refractivity contribution in [3.05, 3.63) is 35.9 Å². The highest BCUT2D eigenvalue weighted by Crippen LogP contribution is 2.68. The van der Waals surface area contributed by atoms with Crippen molar-refractivity contribution in [3.63, 3.8) is 0 Å². The molecule has 3 fully saturated rings. The van der Waals surface area contributed by atoms with E-state index >= 15 is 0 Å². The molecule has 0 saturated carbocycles. The Labute approximate surface area is 194 Å². The number of halogens is 1. The van der Waals surface area contributed by atoms with Crippen molar-refractivity contribution in [2.45, 2.75) is 53.7 Å². The number of ether oxygens (including phenoxy) is 1. The van der Waals surface area contributed by atoms with Crippen LogP contribution in [-0.2, 0) is 25.7 Å². The summed E-state index contributed by atoms with van der Waals surface area (Å²) in [6.45, 7) is 3.81. The molecule has 3 aliphatic rings. The number of esters is 1. The Balaban J connectivity index is 1.68. The average Bonchev–Trinajstić information content (AvgIpc) is 3.36. The molecule has 0 radical (unpaired) electrons. The molecule has 1 spiro atoms. The van der Waals surface area contributed by atoms with Gasteiger partial charge in [0.05, 0.1) is 35.8 Å². The van der Waals surface area contributed by atoms with Gasteiger partial charge >= 0.3 is 5.97 Å². The number of aliphatic hydroxyl groups is 1. The van der Waals surface area contributed by atoms with E-state index < -0.39 is 28.7 Å².